The van der Waals surface area contributed by atoms with Gasteiger partial charge in [0.25, 0.3) is 0 Å². The summed E-state index contributed by atoms with van der Waals surface area (Å²) in [6, 6.07) is 7.51. The molecule has 1 aromatic carbocycles. The first kappa shape index (κ1) is 23.7. The number of esters is 1. The second-order valence-electron chi connectivity index (χ2n) is 9.81. The third-order valence-electron chi connectivity index (χ3n) is 4.77. The molecule has 0 unspecified atom stereocenters. The Balaban J connectivity index is 2.19. The number of carbonyl (C=O) groups excluding carboxylic acids is 2. The van der Waals surface area contributed by atoms with Gasteiger partial charge in [0.2, 0.25) is 0 Å². The number of ether oxygens (including phenoxy) is 2. The van der Waals surface area contributed by atoms with E-state index in [1.807, 2.05) is 65.8 Å². The van der Waals surface area contributed by atoms with Gasteiger partial charge in [-0.05, 0) is 71.4 Å². The SMILES string of the molecule is CC(C)(C)OC(=O)[C@@H](Cc1cccc(/C=N/O)c1)[C@H]1CCN(C(=O)OC(C)(C)C)C1. The molecule has 166 valence electrons. The maximum absolute atomic E-state index is 13.0. The molecule has 1 aliphatic heterocycles. The lowest BCUT2D eigenvalue weighted by Gasteiger charge is -2.28. The summed E-state index contributed by atoms with van der Waals surface area (Å²) in [6.07, 6.45) is 2.19. The molecule has 1 aromatic rings. The molecule has 0 spiro atoms. The summed E-state index contributed by atoms with van der Waals surface area (Å²) in [7, 11) is 0. The molecule has 0 saturated carbocycles. The standard InChI is InChI=1S/C23H34N2O5/c1-22(2,3)29-20(26)19(13-16-8-7-9-17(12-16)14-24-28)18-10-11-25(15-18)21(27)30-23(4,5)6/h7-9,12,14,18-19,28H,10-11,13,15H2,1-6H3/b24-14+/t18-,19-/m0/s1. The fourth-order valence-corrected chi connectivity index (χ4v) is 3.55. The minimum absolute atomic E-state index is 0.0254. The first-order valence-corrected chi connectivity index (χ1v) is 10.3. The maximum Gasteiger partial charge on any atom is 0.410 e. The van der Waals surface area contributed by atoms with Crippen LogP contribution in [-0.4, -0.2) is 52.7 Å². The van der Waals surface area contributed by atoms with E-state index >= 15 is 0 Å². The van der Waals surface area contributed by atoms with Crippen molar-refractivity contribution in [3.8, 4) is 0 Å². The lowest BCUT2D eigenvalue weighted by molar-refractivity contribution is -0.161. The monoisotopic (exact) mass is 418 g/mol. The molecule has 1 saturated heterocycles. The van der Waals surface area contributed by atoms with Crippen LogP contribution in [0.3, 0.4) is 0 Å². The van der Waals surface area contributed by atoms with Gasteiger partial charge in [0, 0.05) is 13.1 Å². The van der Waals surface area contributed by atoms with Crippen molar-refractivity contribution in [1.29, 1.82) is 0 Å². The summed E-state index contributed by atoms with van der Waals surface area (Å²) in [5.41, 5.74) is 0.539. The molecule has 2 rings (SSSR count). The van der Waals surface area contributed by atoms with Gasteiger partial charge in [0.1, 0.15) is 11.2 Å². The average molecular weight is 419 g/mol. The minimum Gasteiger partial charge on any atom is -0.460 e. The molecule has 1 N–H and O–H groups in total. The predicted octanol–water partition coefficient (Wildman–Crippen LogP) is 4.25. The van der Waals surface area contributed by atoms with Crippen molar-refractivity contribution in [1.82, 2.24) is 4.90 Å². The fraction of sp³-hybridized carbons (Fsp3) is 0.609. The Labute approximate surface area is 179 Å². The first-order chi connectivity index (χ1) is 13.9. The normalized spacial score (nSPS) is 18.5. The van der Waals surface area contributed by atoms with Gasteiger partial charge in [-0.1, -0.05) is 29.4 Å². The summed E-state index contributed by atoms with van der Waals surface area (Å²) in [5.74, 6) is -0.680. The average Bonchev–Trinajstić information content (AvgIpc) is 3.07. The molecule has 0 bridgehead atoms. The Bertz CT molecular complexity index is 777. The number of rotatable bonds is 5. The van der Waals surface area contributed by atoms with Crippen molar-refractivity contribution in [2.45, 2.75) is 65.6 Å². The Kier molecular flexibility index (Phi) is 7.50. The lowest BCUT2D eigenvalue weighted by atomic mass is 9.85. The van der Waals surface area contributed by atoms with Crippen molar-refractivity contribution in [3.05, 3.63) is 35.4 Å². The third kappa shape index (κ3) is 7.35. The number of amides is 1. The van der Waals surface area contributed by atoms with Crippen LogP contribution in [0.1, 0.15) is 59.1 Å². The minimum atomic E-state index is -0.593. The number of benzene rings is 1. The van der Waals surface area contributed by atoms with E-state index in [-0.39, 0.29) is 18.0 Å². The van der Waals surface area contributed by atoms with E-state index in [1.54, 1.807) is 4.90 Å². The summed E-state index contributed by atoms with van der Waals surface area (Å²) in [6.45, 7) is 12.1. The van der Waals surface area contributed by atoms with Crippen LogP contribution >= 0.6 is 0 Å². The van der Waals surface area contributed by atoms with E-state index < -0.39 is 17.1 Å². The summed E-state index contributed by atoms with van der Waals surface area (Å²) < 4.78 is 11.2. The molecular weight excluding hydrogens is 384 g/mol. The van der Waals surface area contributed by atoms with Gasteiger partial charge in [0.15, 0.2) is 0 Å². The summed E-state index contributed by atoms with van der Waals surface area (Å²) in [4.78, 5) is 27.2. The van der Waals surface area contributed by atoms with Crippen molar-refractivity contribution >= 4 is 18.3 Å². The zero-order valence-electron chi connectivity index (χ0n) is 18.8. The van der Waals surface area contributed by atoms with Gasteiger partial charge in [-0.3, -0.25) is 4.79 Å². The number of oxime groups is 1. The number of likely N-dealkylation sites (tertiary alicyclic amines) is 1. The second kappa shape index (κ2) is 9.49. The number of hydrogen-bond donors (Lipinski definition) is 1. The van der Waals surface area contributed by atoms with Gasteiger partial charge >= 0.3 is 12.1 Å². The van der Waals surface area contributed by atoms with E-state index in [0.717, 1.165) is 11.1 Å². The van der Waals surface area contributed by atoms with Gasteiger partial charge in [0.05, 0.1) is 12.1 Å². The zero-order valence-corrected chi connectivity index (χ0v) is 18.8. The first-order valence-electron chi connectivity index (χ1n) is 10.3. The molecule has 1 aliphatic rings. The summed E-state index contributed by atoms with van der Waals surface area (Å²) in [5, 5.41) is 11.9. The summed E-state index contributed by atoms with van der Waals surface area (Å²) >= 11 is 0. The smallest absolute Gasteiger partial charge is 0.410 e. The molecule has 2 atom stereocenters. The highest BCUT2D eigenvalue weighted by atomic mass is 16.6. The second-order valence-corrected chi connectivity index (χ2v) is 9.81. The molecule has 0 aliphatic carbocycles. The lowest BCUT2D eigenvalue weighted by Crippen LogP contribution is -2.38. The molecule has 0 aromatic heterocycles. The highest BCUT2D eigenvalue weighted by Gasteiger charge is 2.39. The van der Waals surface area contributed by atoms with Crippen LogP contribution in [0.15, 0.2) is 29.4 Å². The molecule has 30 heavy (non-hydrogen) atoms. The van der Waals surface area contributed by atoms with Crippen LogP contribution in [0.5, 0.6) is 0 Å². The molecular formula is C23H34N2O5. The molecule has 1 fully saturated rings. The Morgan fingerprint density at radius 1 is 1.20 bits per heavy atom. The predicted molar refractivity (Wildman–Crippen MR) is 115 cm³/mol. The fourth-order valence-electron chi connectivity index (χ4n) is 3.55. The van der Waals surface area contributed by atoms with Crippen LogP contribution in [0, 0.1) is 11.8 Å². The maximum atomic E-state index is 13.0. The van der Waals surface area contributed by atoms with Crippen LogP contribution in [0.25, 0.3) is 0 Å². The molecule has 7 nitrogen and oxygen atoms in total. The van der Waals surface area contributed by atoms with Gasteiger partial charge < -0.3 is 19.6 Å². The van der Waals surface area contributed by atoms with Crippen LogP contribution < -0.4 is 0 Å². The van der Waals surface area contributed by atoms with Crippen molar-refractivity contribution in [2.75, 3.05) is 13.1 Å². The molecule has 1 heterocycles. The van der Waals surface area contributed by atoms with Crippen LogP contribution in [0.4, 0.5) is 4.79 Å². The Morgan fingerprint density at radius 2 is 1.87 bits per heavy atom. The Morgan fingerprint density at radius 3 is 2.47 bits per heavy atom. The van der Waals surface area contributed by atoms with Crippen molar-refractivity contribution in [2.24, 2.45) is 17.0 Å². The van der Waals surface area contributed by atoms with E-state index in [4.69, 9.17) is 14.7 Å². The number of hydrogen-bond acceptors (Lipinski definition) is 6. The van der Waals surface area contributed by atoms with Gasteiger partial charge in [-0.25, -0.2) is 4.79 Å². The number of nitrogens with zero attached hydrogens (tertiary/aromatic N) is 2. The molecule has 0 radical (unpaired) electrons. The zero-order chi connectivity index (χ0) is 22.5. The highest BCUT2D eigenvalue weighted by molar-refractivity contribution is 5.79. The van der Waals surface area contributed by atoms with E-state index in [0.29, 0.717) is 25.9 Å². The Hall–Kier alpha value is -2.57. The topological polar surface area (TPSA) is 88.4 Å². The largest absolute Gasteiger partial charge is 0.460 e. The number of carbonyl (C=O) groups is 2. The van der Waals surface area contributed by atoms with Gasteiger partial charge in [-0.15, -0.1) is 0 Å². The molecule has 7 heteroatoms. The van der Waals surface area contributed by atoms with Gasteiger partial charge in [-0.2, -0.15) is 0 Å². The van der Waals surface area contributed by atoms with Crippen molar-refractivity contribution in [3.63, 3.8) is 0 Å². The third-order valence-corrected chi connectivity index (χ3v) is 4.77. The van der Waals surface area contributed by atoms with E-state index in [1.165, 1.54) is 6.21 Å². The van der Waals surface area contributed by atoms with Crippen LogP contribution in [0.2, 0.25) is 0 Å². The highest BCUT2D eigenvalue weighted by Crippen LogP contribution is 2.30. The van der Waals surface area contributed by atoms with E-state index in [9.17, 15) is 9.59 Å². The molecule has 1 amide bonds. The van der Waals surface area contributed by atoms with Crippen LogP contribution in [-0.2, 0) is 20.7 Å². The van der Waals surface area contributed by atoms with E-state index in [2.05, 4.69) is 5.16 Å². The quantitative estimate of drug-likeness (QED) is 0.334. The van der Waals surface area contributed by atoms with Crippen molar-refractivity contribution < 1.29 is 24.3 Å².